The highest BCUT2D eigenvalue weighted by molar-refractivity contribution is 7.88. The quantitative estimate of drug-likeness (QED) is 0.454. The van der Waals surface area contributed by atoms with Gasteiger partial charge in [-0.25, -0.2) is 12.7 Å². The van der Waals surface area contributed by atoms with Gasteiger partial charge in [0.05, 0.1) is 23.7 Å². The third-order valence-corrected chi connectivity index (χ3v) is 5.70. The average molecular weight is 342 g/mol. The Morgan fingerprint density at radius 1 is 1.39 bits per heavy atom. The van der Waals surface area contributed by atoms with E-state index in [0.29, 0.717) is 18.4 Å². The standard InChI is InChI=1S/C14H18N2O6S/c1-22-14(17)12-5-7-15(8-6-12)23(20,21)10-11-3-2-4-13(9-11)16(18)19/h2-4,9,12H,5-8,10H2,1H3. The van der Waals surface area contributed by atoms with E-state index in [2.05, 4.69) is 4.74 Å². The lowest BCUT2D eigenvalue weighted by molar-refractivity contribution is -0.384. The number of sulfonamides is 1. The van der Waals surface area contributed by atoms with Gasteiger partial charge in [0.15, 0.2) is 0 Å². The Kier molecular flexibility index (Phi) is 5.32. The Morgan fingerprint density at radius 2 is 2.04 bits per heavy atom. The minimum Gasteiger partial charge on any atom is -0.469 e. The number of methoxy groups -OCH3 is 1. The maximum atomic E-state index is 12.4. The molecule has 1 aliphatic heterocycles. The molecule has 126 valence electrons. The minimum atomic E-state index is -3.58. The lowest BCUT2D eigenvalue weighted by Gasteiger charge is -2.29. The molecule has 1 aliphatic rings. The number of carbonyl (C=O) groups excluding carboxylic acids is 1. The molecule has 0 aliphatic carbocycles. The fraction of sp³-hybridized carbons (Fsp3) is 0.500. The molecule has 0 unspecified atom stereocenters. The summed E-state index contributed by atoms with van der Waals surface area (Å²) in [5, 5.41) is 10.8. The molecule has 2 rings (SSSR count). The topological polar surface area (TPSA) is 107 Å². The molecule has 0 N–H and O–H groups in total. The average Bonchev–Trinajstić information content (AvgIpc) is 2.54. The zero-order chi connectivity index (χ0) is 17.0. The second-order valence-electron chi connectivity index (χ2n) is 5.38. The molecule has 1 fully saturated rings. The van der Waals surface area contributed by atoms with E-state index in [1.807, 2.05) is 0 Å². The van der Waals surface area contributed by atoms with Crippen LogP contribution in [0.5, 0.6) is 0 Å². The maximum absolute atomic E-state index is 12.4. The molecule has 0 aromatic heterocycles. The van der Waals surface area contributed by atoms with Gasteiger partial charge in [-0.2, -0.15) is 0 Å². The van der Waals surface area contributed by atoms with Crippen molar-refractivity contribution < 1.29 is 22.9 Å². The smallest absolute Gasteiger partial charge is 0.308 e. The summed E-state index contributed by atoms with van der Waals surface area (Å²) in [7, 11) is -2.26. The van der Waals surface area contributed by atoms with Gasteiger partial charge in [0.2, 0.25) is 10.0 Å². The number of piperidine rings is 1. The van der Waals surface area contributed by atoms with Crippen LogP contribution in [0.15, 0.2) is 24.3 Å². The van der Waals surface area contributed by atoms with Crippen LogP contribution in [0.3, 0.4) is 0 Å². The number of esters is 1. The molecule has 0 amide bonds. The molecule has 9 heteroatoms. The number of carbonyl (C=O) groups is 1. The molecule has 8 nitrogen and oxygen atoms in total. The highest BCUT2D eigenvalue weighted by Crippen LogP contribution is 2.23. The van der Waals surface area contributed by atoms with Crippen LogP contribution in [-0.2, 0) is 25.3 Å². The lowest BCUT2D eigenvalue weighted by atomic mass is 9.99. The zero-order valence-electron chi connectivity index (χ0n) is 12.7. The van der Waals surface area contributed by atoms with E-state index in [1.54, 1.807) is 6.07 Å². The third-order valence-electron chi connectivity index (χ3n) is 3.85. The first kappa shape index (κ1) is 17.4. The van der Waals surface area contributed by atoms with Gasteiger partial charge in [0, 0.05) is 25.2 Å². The summed E-state index contributed by atoms with van der Waals surface area (Å²) in [6.07, 6.45) is 0.835. The highest BCUT2D eigenvalue weighted by atomic mass is 32.2. The molecular formula is C14H18N2O6S. The van der Waals surface area contributed by atoms with E-state index in [1.165, 1.54) is 29.6 Å². The fourth-order valence-corrected chi connectivity index (χ4v) is 4.15. The summed E-state index contributed by atoms with van der Waals surface area (Å²) in [5.41, 5.74) is 0.233. The van der Waals surface area contributed by atoms with Crippen molar-refractivity contribution in [3.8, 4) is 0 Å². The molecule has 1 aromatic rings. The Morgan fingerprint density at radius 3 is 2.61 bits per heavy atom. The second-order valence-corrected chi connectivity index (χ2v) is 7.35. The van der Waals surface area contributed by atoms with Gasteiger partial charge in [-0.15, -0.1) is 0 Å². The molecule has 0 saturated carbocycles. The van der Waals surface area contributed by atoms with Crippen LogP contribution in [0.2, 0.25) is 0 Å². The molecule has 0 bridgehead atoms. The number of nitrogens with zero attached hydrogens (tertiary/aromatic N) is 2. The van der Waals surface area contributed by atoms with E-state index in [9.17, 15) is 23.3 Å². The van der Waals surface area contributed by atoms with Crippen LogP contribution < -0.4 is 0 Å². The molecular weight excluding hydrogens is 324 g/mol. The molecule has 0 atom stereocenters. The predicted molar refractivity (Wildman–Crippen MR) is 82.0 cm³/mol. The molecule has 1 heterocycles. The monoisotopic (exact) mass is 342 g/mol. The summed E-state index contributed by atoms with van der Waals surface area (Å²) >= 11 is 0. The first-order valence-electron chi connectivity index (χ1n) is 7.12. The van der Waals surface area contributed by atoms with Crippen LogP contribution in [0.1, 0.15) is 18.4 Å². The molecule has 0 spiro atoms. The lowest BCUT2D eigenvalue weighted by Crippen LogP contribution is -2.41. The summed E-state index contributed by atoms with van der Waals surface area (Å²) in [6.45, 7) is 0.494. The van der Waals surface area contributed by atoms with Gasteiger partial charge in [-0.05, 0) is 18.4 Å². The number of benzene rings is 1. The largest absolute Gasteiger partial charge is 0.469 e. The number of ether oxygens (including phenoxy) is 1. The number of non-ortho nitro benzene ring substituents is 1. The van der Waals surface area contributed by atoms with Crippen molar-refractivity contribution in [3.63, 3.8) is 0 Å². The molecule has 23 heavy (non-hydrogen) atoms. The van der Waals surface area contributed by atoms with Crippen molar-refractivity contribution >= 4 is 21.7 Å². The predicted octanol–water partition coefficient (Wildman–Crippen LogP) is 1.31. The van der Waals surface area contributed by atoms with Crippen LogP contribution in [0.25, 0.3) is 0 Å². The molecule has 0 radical (unpaired) electrons. The minimum absolute atomic E-state index is 0.137. The number of rotatable bonds is 5. The van der Waals surface area contributed by atoms with Crippen LogP contribution >= 0.6 is 0 Å². The fourth-order valence-electron chi connectivity index (χ4n) is 2.60. The summed E-state index contributed by atoms with van der Waals surface area (Å²) in [6, 6.07) is 5.59. The summed E-state index contributed by atoms with van der Waals surface area (Å²) in [4.78, 5) is 21.7. The van der Waals surface area contributed by atoms with Crippen molar-refractivity contribution in [1.29, 1.82) is 0 Å². The Bertz CT molecular complexity index is 695. The first-order valence-corrected chi connectivity index (χ1v) is 8.73. The van der Waals surface area contributed by atoms with Crippen molar-refractivity contribution in [2.24, 2.45) is 5.92 Å². The summed E-state index contributed by atoms with van der Waals surface area (Å²) in [5.74, 6) is -0.887. The van der Waals surface area contributed by atoms with Crippen molar-refractivity contribution in [1.82, 2.24) is 4.31 Å². The SMILES string of the molecule is COC(=O)C1CCN(S(=O)(=O)Cc2cccc([N+](=O)[O-])c2)CC1. The van der Waals surface area contributed by atoms with Gasteiger partial charge < -0.3 is 4.74 Å². The number of hydrogen-bond acceptors (Lipinski definition) is 6. The van der Waals surface area contributed by atoms with Crippen molar-refractivity contribution in [2.45, 2.75) is 18.6 Å². The normalized spacial score (nSPS) is 16.9. The Labute approximate surface area is 134 Å². The van der Waals surface area contributed by atoms with E-state index < -0.39 is 14.9 Å². The van der Waals surface area contributed by atoms with Gasteiger partial charge in [-0.1, -0.05) is 12.1 Å². The van der Waals surface area contributed by atoms with Gasteiger partial charge >= 0.3 is 5.97 Å². The molecule has 1 saturated heterocycles. The Hall–Kier alpha value is -2.00. The zero-order valence-corrected chi connectivity index (χ0v) is 13.5. The number of nitro groups is 1. The second kappa shape index (κ2) is 7.05. The van der Waals surface area contributed by atoms with Gasteiger partial charge in [0.1, 0.15) is 0 Å². The Balaban J connectivity index is 2.04. The number of hydrogen-bond donors (Lipinski definition) is 0. The van der Waals surface area contributed by atoms with Gasteiger partial charge in [0.25, 0.3) is 5.69 Å². The maximum Gasteiger partial charge on any atom is 0.308 e. The van der Waals surface area contributed by atoms with E-state index in [0.717, 1.165) is 0 Å². The first-order chi connectivity index (χ1) is 10.8. The van der Waals surface area contributed by atoms with E-state index >= 15 is 0 Å². The van der Waals surface area contributed by atoms with Crippen molar-refractivity contribution in [3.05, 3.63) is 39.9 Å². The van der Waals surface area contributed by atoms with E-state index in [4.69, 9.17) is 0 Å². The van der Waals surface area contributed by atoms with Crippen LogP contribution in [-0.4, -0.2) is 43.8 Å². The van der Waals surface area contributed by atoms with Crippen molar-refractivity contribution in [2.75, 3.05) is 20.2 Å². The van der Waals surface area contributed by atoms with E-state index in [-0.39, 0.29) is 36.4 Å². The third kappa shape index (κ3) is 4.26. The molecule has 1 aromatic carbocycles. The number of nitro benzene ring substituents is 1. The van der Waals surface area contributed by atoms with Gasteiger partial charge in [-0.3, -0.25) is 14.9 Å². The van der Waals surface area contributed by atoms with Crippen LogP contribution in [0.4, 0.5) is 5.69 Å². The highest BCUT2D eigenvalue weighted by Gasteiger charge is 2.31. The van der Waals surface area contributed by atoms with Crippen LogP contribution in [0, 0.1) is 16.0 Å². The summed E-state index contributed by atoms with van der Waals surface area (Å²) < 4.78 is 30.8.